The Morgan fingerprint density at radius 1 is 1.26 bits per heavy atom. The van der Waals surface area contributed by atoms with Gasteiger partial charge in [0, 0.05) is 26.7 Å². The Kier molecular flexibility index (Phi) is 6.99. The number of morpholine rings is 1. The van der Waals surface area contributed by atoms with E-state index in [2.05, 4.69) is 10.6 Å². The van der Waals surface area contributed by atoms with E-state index in [9.17, 15) is 9.59 Å². The number of benzene rings is 1. The fourth-order valence-electron chi connectivity index (χ4n) is 2.29. The molecule has 0 bridgehead atoms. The van der Waals surface area contributed by atoms with Crippen LogP contribution < -0.4 is 10.6 Å². The van der Waals surface area contributed by atoms with Crippen molar-refractivity contribution in [2.24, 2.45) is 0 Å². The number of rotatable bonds is 7. The number of hydrogen-bond donors (Lipinski definition) is 2. The van der Waals surface area contributed by atoms with Crippen LogP contribution in [-0.4, -0.2) is 69.8 Å². The number of carbonyl (C=O) groups is 2. The SMILES string of the molecule is COCCNCC(=O)Nc1ccccc1C(=O)N1CCOCC1. The van der Waals surface area contributed by atoms with Crippen LogP contribution >= 0.6 is 0 Å². The van der Waals surface area contributed by atoms with E-state index in [1.165, 1.54) is 0 Å². The third-order valence-corrected chi connectivity index (χ3v) is 3.50. The molecule has 0 saturated carbocycles. The average molecular weight is 321 g/mol. The van der Waals surface area contributed by atoms with Crippen molar-refractivity contribution in [2.45, 2.75) is 0 Å². The maximum absolute atomic E-state index is 12.6. The van der Waals surface area contributed by atoms with Gasteiger partial charge in [-0.05, 0) is 12.1 Å². The molecular formula is C16H23N3O4. The Labute approximate surface area is 135 Å². The zero-order valence-electron chi connectivity index (χ0n) is 13.3. The van der Waals surface area contributed by atoms with Crippen molar-refractivity contribution < 1.29 is 19.1 Å². The summed E-state index contributed by atoms with van der Waals surface area (Å²) in [6, 6.07) is 7.05. The first-order valence-corrected chi connectivity index (χ1v) is 7.68. The monoisotopic (exact) mass is 321 g/mol. The van der Waals surface area contributed by atoms with Gasteiger partial charge >= 0.3 is 0 Å². The van der Waals surface area contributed by atoms with Crippen molar-refractivity contribution in [3.63, 3.8) is 0 Å². The lowest BCUT2D eigenvalue weighted by molar-refractivity contribution is -0.115. The van der Waals surface area contributed by atoms with Gasteiger partial charge in [-0.3, -0.25) is 9.59 Å². The lowest BCUT2D eigenvalue weighted by Crippen LogP contribution is -2.41. The molecule has 1 aromatic rings. The summed E-state index contributed by atoms with van der Waals surface area (Å²) in [5.41, 5.74) is 1.03. The number of para-hydroxylation sites is 1. The van der Waals surface area contributed by atoms with Crippen LogP contribution in [0.5, 0.6) is 0 Å². The molecule has 7 nitrogen and oxygen atoms in total. The Morgan fingerprint density at radius 2 is 2.00 bits per heavy atom. The molecule has 1 fully saturated rings. The molecule has 1 aliphatic rings. The van der Waals surface area contributed by atoms with Gasteiger partial charge in [-0.15, -0.1) is 0 Å². The molecule has 0 aromatic heterocycles. The van der Waals surface area contributed by atoms with Gasteiger partial charge in [0.05, 0.1) is 37.6 Å². The molecule has 1 aliphatic heterocycles. The van der Waals surface area contributed by atoms with Crippen molar-refractivity contribution in [3.05, 3.63) is 29.8 Å². The third-order valence-electron chi connectivity index (χ3n) is 3.50. The van der Waals surface area contributed by atoms with E-state index < -0.39 is 0 Å². The van der Waals surface area contributed by atoms with E-state index in [0.717, 1.165) is 0 Å². The van der Waals surface area contributed by atoms with Crippen LogP contribution in [0.1, 0.15) is 10.4 Å². The second-order valence-corrected chi connectivity index (χ2v) is 5.17. The van der Waals surface area contributed by atoms with Gasteiger partial charge in [0.1, 0.15) is 0 Å². The quantitative estimate of drug-likeness (QED) is 0.708. The van der Waals surface area contributed by atoms with Crippen molar-refractivity contribution >= 4 is 17.5 Å². The summed E-state index contributed by atoms with van der Waals surface area (Å²) in [4.78, 5) is 26.3. The molecule has 0 unspecified atom stereocenters. The Balaban J connectivity index is 1.96. The van der Waals surface area contributed by atoms with Crippen LogP contribution in [0, 0.1) is 0 Å². The van der Waals surface area contributed by atoms with Crippen LogP contribution in [0.4, 0.5) is 5.69 Å². The second kappa shape index (κ2) is 9.24. The predicted octanol–water partition coefficient (Wildman–Crippen LogP) is 0.334. The molecule has 0 aliphatic carbocycles. The van der Waals surface area contributed by atoms with E-state index >= 15 is 0 Å². The number of hydrogen-bond acceptors (Lipinski definition) is 5. The summed E-state index contributed by atoms with van der Waals surface area (Å²) in [6.07, 6.45) is 0. The standard InChI is InChI=1S/C16H23N3O4/c1-22-9-6-17-12-15(20)18-14-5-3-2-4-13(14)16(21)19-7-10-23-11-8-19/h2-5,17H,6-12H2,1H3,(H,18,20). The fourth-order valence-corrected chi connectivity index (χ4v) is 2.29. The first-order valence-electron chi connectivity index (χ1n) is 7.68. The second-order valence-electron chi connectivity index (χ2n) is 5.17. The fraction of sp³-hybridized carbons (Fsp3) is 0.500. The molecule has 2 N–H and O–H groups in total. The summed E-state index contributed by atoms with van der Waals surface area (Å²) in [5, 5.41) is 5.76. The first kappa shape index (κ1) is 17.4. The van der Waals surface area contributed by atoms with E-state index in [1.807, 2.05) is 0 Å². The number of nitrogens with zero attached hydrogens (tertiary/aromatic N) is 1. The number of carbonyl (C=O) groups excluding carboxylic acids is 2. The zero-order valence-corrected chi connectivity index (χ0v) is 13.3. The zero-order chi connectivity index (χ0) is 16.5. The van der Waals surface area contributed by atoms with Gasteiger partial charge in [-0.25, -0.2) is 0 Å². The number of methoxy groups -OCH3 is 1. The number of anilines is 1. The maximum Gasteiger partial charge on any atom is 0.256 e. The molecule has 0 radical (unpaired) electrons. The molecule has 1 aromatic carbocycles. The van der Waals surface area contributed by atoms with Crippen molar-refractivity contribution in [1.29, 1.82) is 0 Å². The lowest BCUT2D eigenvalue weighted by atomic mass is 10.1. The molecule has 1 heterocycles. The largest absolute Gasteiger partial charge is 0.383 e. The van der Waals surface area contributed by atoms with Gasteiger partial charge < -0.3 is 25.0 Å². The topological polar surface area (TPSA) is 79.9 Å². The highest BCUT2D eigenvalue weighted by molar-refractivity contribution is 6.04. The molecule has 1 saturated heterocycles. The molecule has 0 atom stereocenters. The number of ether oxygens (including phenoxy) is 2. The van der Waals surface area contributed by atoms with Crippen molar-refractivity contribution in [3.8, 4) is 0 Å². The van der Waals surface area contributed by atoms with Gasteiger partial charge in [0.15, 0.2) is 0 Å². The Hall–Kier alpha value is -1.96. The normalized spacial score (nSPS) is 14.6. The molecule has 2 rings (SSSR count). The summed E-state index contributed by atoms with van der Waals surface area (Å²) >= 11 is 0. The van der Waals surface area contributed by atoms with Crippen molar-refractivity contribution in [2.75, 3.05) is 58.4 Å². The molecular weight excluding hydrogens is 298 g/mol. The van der Waals surface area contributed by atoms with E-state index in [-0.39, 0.29) is 18.4 Å². The highest BCUT2D eigenvalue weighted by Crippen LogP contribution is 2.18. The van der Waals surface area contributed by atoms with Gasteiger partial charge in [0.25, 0.3) is 5.91 Å². The predicted molar refractivity (Wildman–Crippen MR) is 86.5 cm³/mol. The molecule has 126 valence electrons. The highest BCUT2D eigenvalue weighted by Gasteiger charge is 2.21. The number of nitrogens with one attached hydrogen (secondary N) is 2. The van der Waals surface area contributed by atoms with Gasteiger partial charge in [-0.1, -0.05) is 12.1 Å². The van der Waals surface area contributed by atoms with E-state index in [0.29, 0.717) is 50.7 Å². The highest BCUT2D eigenvalue weighted by atomic mass is 16.5. The van der Waals surface area contributed by atoms with Crippen LogP contribution in [0.25, 0.3) is 0 Å². The Bertz CT molecular complexity index is 530. The minimum absolute atomic E-state index is 0.0865. The molecule has 23 heavy (non-hydrogen) atoms. The summed E-state index contributed by atoms with van der Waals surface area (Å²) in [6.45, 7) is 3.54. The summed E-state index contributed by atoms with van der Waals surface area (Å²) in [5.74, 6) is -0.278. The van der Waals surface area contributed by atoms with Gasteiger partial charge in [0.2, 0.25) is 5.91 Å². The summed E-state index contributed by atoms with van der Waals surface area (Å²) in [7, 11) is 1.61. The third kappa shape index (κ3) is 5.31. The Morgan fingerprint density at radius 3 is 2.74 bits per heavy atom. The minimum atomic E-state index is -0.191. The van der Waals surface area contributed by atoms with E-state index in [4.69, 9.17) is 9.47 Å². The van der Waals surface area contributed by atoms with Crippen LogP contribution in [0.2, 0.25) is 0 Å². The smallest absolute Gasteiger partial charge is 0.256 e. The maximum atomic E-state index is 12.6. The van der Waals surface area contributed by atoms with Crippen LogP contribution in [0.3, 0.4) is 0 Å². The minimum Gasteiger partial charge on any atom is -0.383 e. The van der Waals surface area contributed by atoms with Crippen molar-refractivity contribution in [1.82, 2.24) is 10.2 Å². The molecule has 7 heteroatoms. The molecule has 2 amide bonds. The average Bonchev–Trinajstić information content (AvgIpc) is 2.59. The van der Waals surface area contributed by atoms with Gasteiger partial charge in [-0.2, -0.15) is 0 Å². The lowest BCUT2D eigenvalue weighted by Gasteiger charge is -2.27. The van der Waals surface area contributed by atoms with Crippen LogP contribution in [0.15, 0.2) is 24.3 Å². The summed E-state index contributed by atoms with van der Waals surface area (Å²) < 4.78 is 10.2. The van der Waals surface area contributed by atoms with Crippen LogP contribution in [-0.2, 0) is 14.3 Å². The molecule has 0 spiro atoms. The first-order chi connectivity index (χ1) is 11.2. The number of amides is 2. The van der Waals surface area contributed by atoms with E-state index in [1.54, 1.807) is 36.3 Å².